The molecule has 0 aliphatic carbocycles. The Morgan fingerprint density at radius 3 is 1.75 bits per heavy atom. The predicted octanol–water partition coefficient (Wildman–Crippen LogP) is 3.68. The zero-order chi connectivity index (χ0) is 15.1. The summed E-state index contributed by atoms with van der Waals surface area (Å²) >= 11 is 0. The van der Waals surface area contributed by atoms with Crippen LogP contribution in [0.1, 0.15) is 38.3 Å². The van der Waals surface area contributed by atoms with E-state index in [0.29, 0.717) is 6.61 Å². The fourth-order valence-corrected chi connectivity index (χ4v) is 1.23. The minimum atomic E-state index is 0.319. The van der Waals surface area contributed by atoms with Crippen LogP contribution in [0.2, 0.25) is 0 Å². The normalized spacial score (nSPS) is 8.80. The number of hydrogen-bond acceptors (Lipinski definition) is 3. The molecule has 3 nitrogen and oxygen atoms in total. The maximum Gasteiger partial charge on any atom is 0.0428 e. The molecule has 0 unspecified atom stereocenters. The van der Waals surface area contributed by atoms with Crippen LogP contribution < -0.4 is 0 Å². The Labute approximate surface area is 122 Å². The van der Waals surface area contributed by atoms with Gasteiger partial charge < -0.3 is 5.11 Å². The Morgan fingerprint density at radius 1 is 0.850 bits per heavy atom. The van der Waals surface area contributed by atoms with Crippen molar-refractivity contribution in [3.63, 3.8) is 0 Å². The Balaban J connectivity index is 0.000000289. The van der Waals surface area contributed by atoms with Gasteiger partial charge in [-0.3, -0.25) is 9.97 Å². The summed E-state index contributed by atoms with van der Waals surface area (Å²) in [6.45, 7) is 6.51. The van der Waals surface area contributed by atoms with Gasteiger partial charge in [0.25, 0.3) is 0 Å². The molecule has 3 heteroatoms. The molecular formula is C17H26N2O. The average Bonchev–Trinajstić information content (AvgIpc) is 2.57. The number of aromatic nitrogens is 2. The van der Waals surface area contributed by atoms with Gasteiger partial charge in [-0.15, -0.1) is 0 Å². The van der Waals surface area contributed by atoms with E-state index < -0.39 is 0 Å². The SMILES string of the molecule is CCCO.CCc1cccnc1.CCc1ccncc1. The zero-order valence-electron chi connectivity index (χ0n) is 12.8. The van der Waals surface area contributed by atoms with Crippen LogP contribution in [0.25, 0.3) is 0 Å². The van der Waals surface area contributed by atoms with Crippen molar-refractivity contribution in [1.82, 2.24) is 9.97 Å². The smallest absolute Gasteiger partial charge is 0.0428 e. The van der Waals surface area contributed by atoms with Gasteiger partial charge in [0.15, 0.2) is 0 Å². The molecule has 0 fully saturated rings. The van der Waals surface area contributed by atoms with Crippen LogP contribution in [0.4, 0.5) is 0 Å². The van der Waals surface area contributed by atoms with Crippen LogP contribution in [0.5, 0.6) is 0 Å². The number of hydrogen-bond donors (Lipinski definition) is 1. The summed E-state index contributed by atoms with van der Waals surface area (Å²) in [6.07, 6.45) is 10.4. The van der Waals surface area contributed by atoms with E-state index in [0.717, 1.165) is 19.3 Å². The van der Waals surface area contributed by atoms with Crippen molar-refractivity contribution in [2.45, 2.75) is 40.0 Å². The van der Waals surface area contributed by atoms with Gasteiger partial charge in [-0.25, -0.2) is 0 Å². The van der Waals surface area contributed by atoms with Crippen molar-refractivity contribution in [3.8, 4) is 0 Å². The summed E-state index contributed by atoms with van der Waals surface area (Å²) in [5.74, 6) is 0. The van der Waals surface area contributed by atoms with E-state index in [9.17, 15) is 0 Å². The van der Waals surface area contributed by atoms with Crippen LogP contribution in [-0.2, 0) is 12.8 Å². The van der Waals surface area contributed by atoms with E-state index >= 15 is 0 Å². The van der Waals surface area contributed by atoms with E-state index in [-0.39, 0.29) is 0 Å². The molecule has 0 radical (unpaired) electrons. The van der Waals surface area contributed by atoms with Gasteiger partial charge >= 0.3 is 0 Å². The molecule has 1 N–H and O–H groups in total. The van der Waals surface area contributed by atoms with Gasteiger partial charge in [0.2, 0.25) is 0 Å². The maximum absolute atomic E-state index is 7.88. The monoisotopic (exact) mass is 274 g/mol. The first-order chi connectivity index (χ1) is 9.78. The van der Waals surface area contributed by atoms with Crippen molar-refractivity contribution in [2.75, 3.05) is 6.61 Å². The van der Waals surface area contributed by atoms with E-state index in [1.54, 1.807) is 6.20 Å². The van der Waals surface area contributed by atoms with Crippen molar-refractivity contribution in [1.29, 1.82) is 0 Å². The first-order valence-corrected chi connectivity index (χ1v) is 7.17. The lowest BCUT2D eigenvalue weighted by Gasteiger charge is -1.89. The van der Waals surface area contributed by atoms with Crippen LogP contribution in [0, 0.1) is 0 Å². The highest BCUT2D eigenvalue weighted by atomic mass is 16.2. The van der Waals surface area contributed by atoms with Crippen LogP contribution >= 0.6 is 0 Å². The van der Waals surface area contributed by atoms with Gasteiger partial charge in [0.05, 0.1) is 0 Å². The summed E-state index contributed by atoms with van der Waals surface area (Å²) in [6, 6.07) is 8.09. The predicted molar refractivity (Wildman–Crippen MR) is 84.6 cm³/mol. The minimum Gasteiger partial charge on any atom is -0.396 e. The average molecular weight is 274 g/mol. The van der Waals surface area contributed by atoms with E-state index in [1.165, 1.54) is 11.1 Å². The van der Waals surface area contributed by atoms with Crippen LogP contribution in [0.15, 0.2) is 49.1 Å². The van der Waals surface area contributed by atoms with Gasteiger partial charge in [0, 0.05) is 31.4 Å². The lowest BCUT2D eigenvalue weighted by molar-refractivity contribution is 0.295. The molecule has 20 heavy (non-hydrogen) atoms. The number of aliphatic hydroxyl groups is 1. The molecule has 2 aromatic heterocycles. The Hall–Kier alpha value is -1.74. The molecule has 0 saturated heterocycles. The second kappa shape index (κ2) is 13.7. The molecule has 0 aromatic carbocycles. The number of nitrogens with zero attached hydrogens (tertiary/aromatic N) is 2. The summed E-state index contributed by atoms with van der Waals surface area (Å²) < 4.78 is 0. The van der Waals surface area contributed by atoms with Gasteiger partial charge in [0.1, 0.15) is 0 Å². The van der Waals surface area contributed by atoms with Crippen LogP contribution in [-0.4, -0.2) is 21.7 Å². The molecule has 0 aliphatic rings. The highest BCUT2D eigenvalue weighted by molar-refractivity contribution is 5.08. The first-order valence-electron chi connectivity index (χ1n) is 7.17. The third-order valence-corrected chi connectivity index (χ3v) is 2.51. The highest BCUT2D eigenvalue weighted by Gasteiger charge is 1.81. The number of aliphatic hydroxyl groups excluding tert-OH is 1. The van der Waals surface area contributed by atoms with Crippen molar-refractivity contribution in [2.24, 2.45) is 0 Å². The van der Waals surface area contributed by atoms with Gasteiger partial charge in [-0.05, 0) is 48.6 Å². The topological polar surface area (TPSA) is 46.0 Å². The molecular weight excluding hydrogens is 248 g/mol. The largest absolute Gasteiger partial charge is 0.396 e. The Kier molecular flexibility index (Phi) is 12.5. The fraction of sp³-hybridized carbons (Fsp3) is 0.412. The molecule has 2 aromatic rings. The molecule has 2 rings (SSSR count). The van der Waals surface area contributed by atoms with E-state index in [1.807, 2.05) is 43.7 Å². The Bertz CT molecular complexity index is 362. The third kappa shape index (κ3) is 10.2. The second-order valence-corrected chi connectivity index (χ2v) is 4.15. The number of rotatable bonds is 3. The molecule has 0 bridgehead atoms. The molecule has 0 amide bonds. The summed E-state index contributed by atoms with van der Waals surface area (Å²) in [4.78, 5) is 7.85. The van der Waals surface area contributed by atoms with Crippen LogP contribution in [0.3, 0.4) is 0 Å². The first kappa shape index (κ1) is 18.3. The van der Waals surface area contributed by atoms with E-state index in [2.05, 4.69) is 29.9 Å². The molecule has 0 spiro atoms. The Morgan fingerprint density at radius 2 is 1.45 bits per heavy atom. The van der Waals surface area contributed by atoms with Gasteiger partial charge in [-0.1, -0.05) is 26.8 Å². The highest BCUT2D eigenvalue weighted by Crippen LogP contribution is 1.94. The number of aryl methyl sites for hydroxylation is 2. The minimum absolute atomic E-state index is 0.319. The molecule has 2 heterocycles. The maximum atomic E-state index is 7.88. The summed E-state index contributed by atoms with van der Waals surface area (Å²) in [5.41, 5.74) is 2.65. The van der Waals surface area contributed by atoms with Crippen molar-refractivity contribution in [3.05, 3.63) is 60.2 Å². The molecule has 110 valence electrons. The molecule has 0 atom stereocenters. The standard InChI is InChI=1S/2C7H9N.C3H8O/c1-2-7-3-5-8-6-4-7;1-2-7-4-3-5-8-6-7;1-2-3-4/h2*3-6H,2H2,1H3;4H,2-3H2,1H3. The zero-order valence-corrected chi connectivity index (χ0v) is 12.8. The molecule has 0 aliphatic heterocycles. The van der Waals surface area contributed by atoms with Crippen molar-refractivity contribution < 1.29 is 5.11 Å². The quantitative estimate of drug-likeness (QED) is 0.928. The third-order valence-electron chi connectivity index (χ3n) is 2.51. The van der Waals surface area contributed by atoms with Gasteiger partial charge in [-0.2, -0.15) is 0 Å². The lowest BCUT2D eigenvalue weighted by atomic mass is 10.2. The second-order valence-electron chi connectivity index (χ2n) is 4.15. The number of pyridine rings is 2. The fourth-order valence-electron chi connectivity index (χ4n) is 1.23. The lowest BCUT2D eigenvalue weighted by Crippen LogP contribution is -1.77. The summed E-state index contributed by atoms with van der Waals surface area (Å²) in [5, 5.41) is 7.88. The molecule has 0 saturated carbocycles. The van der Waals surface area contributed by atoms with Crippen molar-refractivity contribution >= 4 is 0 Å². The van der Waals surface area contributed by atoms with E-state index in [4.69, 9.17) is 5.11 Å². The summed E-state index contributed by atoms with van der Waals surface area (Å²) in [7, 11) is 0.